The quantitative estimate of drug-likeness (QED) is 0.643. The largest absolute Gasteiger partial charge is 0.485 e. The van der Waals surface area contributed by atoms with E-state index in [1.54, 1.807) is 36.1 Å². The van der Waals surface area contributed by atoms with Gasteiger partial charge in [0.15, 0.2) is 19.0 Å². The van der Waals surface area contributed by atoms with Gasteiger partial charge in [0.1, 0.15) is 17.5 Å². The number of Topliss-reactive ketones (excluding diaryl/α,β-unsaturated/α-hetero) is 1. The molecular weight excluding hydrogens is 412 g/mol. The zero-order valence-corrected chi connectivity index (χ0v) is 18.2. The second-order valence-electron chi connectivity index (χ2n) is 7.88. The molecule has 0 N–H and O–H groups in total. The molecule has 1 unspecified atom stereocenters. The molecule has 1 saturated heterocycles. The molecule has 32 heavy (non-hydrogen) atoms. The Hall–Kier alpha value is -3.39. The second-order valence-corrected chi connectivity index (χ2v) is 7.88. The van der Waals surface area contributed by atoms with Gasteiger partial charge in [-0.2, -0.15) is 0 Å². The van der Waals surface area contributed by atoms with Crippen LogP contribution in [-0.2, 0) is 14.3 Å². The van der Waals surface area contributed by atoms with Gasteiger partial charge >= 0.3 is 0 Å². The van der Waals surface area contributed by atoms with Gasteiger partial charge in [-0.1, -0.05) is 12.1 Å². The van der Waals surface area contributed by atoms with E-state index in [0.717, 1.165) is 5.56 Å². The Labute approximate surface area is 186 Å². The van der Waals surface area contributed by atoms with Gasteiger partial charge in [0, 0.05) is 18.7 Å². The van der Waals surface area contributed by atoms with Crippen LogP contribution in [0, 0.1) is 6.92 Å². The molecule has 2 heterocycles. The Morgan fingerprint density at radius 2 is 1.91 bits per heavy atom. The number of hydrogen-bond donors (Lipinski definition) is 0. The number of carbonyl (C=O) groups excluding carboxylic acids is 3. The van der Waals surface area contributed by atoms with E-state index in [-0.39, 0.29) is 30.8 Å². The molecule has 2 aromatic carbocycles. The Morgan fingerprint density at radius 1 is 1.12 bits per heavy atom. The summed E-state index contributed by atoms with van der Waals surface area (Å²) in [5.41, 5.74) is 1.83. The molecule has 1 atom stereocenters. The van der Waals surface area contributed by atoms with Crippen molar-refractivity contribution in [2.45, 2.75) is 19.9 Å². The number of rotatable bonds is 6. The predicted molar refractivity (Wildman–Crippen MR) is 117 cm³/mol. The van der Waals surface area contributed by atoms with E-state index < -0.39 is 6.04 Å². The fourth-order valence-electron chi connectivity index (χ4n) is 3.86. The first-order chi connectivity index (χ1) is 15.4. The summed E-state index contributed by atoms with van der Waals surface area (Å²) in [6, 6.07) is 11.6. The molecule has 0 bridgehead atoms. The first kappa shape index (κ1) is 21.8. The minimum Gasteiger partial charge on any atom is -0.485 e. The molecule has 0 aliphatic carbocycles. The third-order valence-corrected chi connectivity index (χ3v) is 5.59. The molecule has 2 aliphatic rings. The lowest BCUT2D eigenvalue weighted by Gasteiger charge is -2.37. The van der Waals surface area contributed by atoms with E-state index in [0.29, 0.717) is 49.1 Å². The maximum atomic E-state index is 13.0. The van der Waals surface area contributed by atoms with Gasteiger partial charge in [0.2, 0.25) is 5.91 Å². The van der Waals surface area contributed by atoms with Crippen molar-refractivity contribution in [1.29, 1.82) is 0 Å². The van der Waals surface area contributed by atoms with Crippen LogP contribution in [0.25, 0.3) is 0 Å². The number of hydrogen-bond acceptors (Lipinski definition) is 6. The van der Waals surface area contributed by atoms with Gasteiger partial charge in [-0.25, -0.2) is 0 Å². The normalized spacial score (nSPS) is 16.8. The number of anilines is 1. The van der Waals surface area contributed by atoms with Crippen LogP contribution in [-0.4, -0.2) is 68.1 Å². The first-order valence-corrected chi connectivity index (χ1v) is 10.6. The fraction of sp³-hybridized carbons (Fsp3) is 0.375. The smallest absolute Gasteiger partial charge is 0.265 e. The average molecular weight is 438 g/mol. The molecule has 0 spiro atoms. The van der Waals surface area contributed by atoms with E-state index >= 15 is 0 Å². The number of amides is 2. The minimum absolute atomic E-state index is 0.140. The molecule has 4 rings (SSSR count). The summed E-state index contributed by atoms with van der Waals surface area (Å²) >= 11 is 0. The van der Waals surface area contributed by atoms with Crippen LogP contribution in [0.5, 0.6) is 11.5 Å². The summed E-state index contributed by atoms with van der Waals surface area (Å²) in [6.07, 6.45) is 0. The van der Waals surface area contributed by atoms with Crippen molar-refractivity contribution in [3.05, 3.63) is 53.6 Å². The molecule has 0 saturated carbocycles. The van der Waals surface area contributed by atoms with Crippen LogP contribution >= 0.6 is 0 Å². The highest BCUT2D eigenvalue weighted by molar-refractivity contribution is 6.05. The highest BCUT2D eigenvalue weighted by Crippen LogP contribution is 2.35. The topological polar surface area (TPSA) is 85.4 Å². The van der Waals surface area contributed by atoms with Crippen LogP contribution in [0.1, 0.15) is 22.8 Å². The molecule has 2 aromatic rings. The zero-order valence-electron chi connectivity index (χ0n) is 18.2. The lowest BCUT2D eigenvalue weighted by atomic mass is 10.1. The molecule has 1 fully saturated rings. The summed E-state index contributed by atoms with van der Waals surface area (Å²) in [7, 11) is 0. The molecule has 2 amide bonds. The summed E-state index contributed by atoms with van der Waals surface area (Å²) < 4.78 is 16.5. The molecular formula is C24H26N2O6. The van der Waals surface area contributed by atoms with E-state index in [1.165, 1.54) is 4.90 Å². The maximum Gasteiger partial charge on any atom is 0.265 e. The average Bonchev–Trinajstić information content (AvgIpc) is 2.82. The van der Waals surface area contributed by atoms with Gasteiger partial charge in [-0.3, -0.25) is 19.3 Å². The van der Waals surface area contributed by atoms with Crippen LogP contribution in [0.2, 0.25) is 0 Å². The summed E-state index contributed by atoms with van der Waals surface area (Å²) in [4.78, 5) is 41.6. The van der Waals surface area contributed by atoms with Gasteiger partial charge in [0.05, 0.1) is 18.9 Å². The number of nitrogens with zero attached hydrogens (tertiary/aromatic N) is 2. The highest BCUT2D eigenvalue weighted by Gasteiger charge is 2.36. The number of aryl methyl sites for hydroxylation is 1. The van der Waals surface area contributed by atoms with Gasteiger partial charge in [0.25, 0.3) is 5.91 Å². The number of benzene rings is 2. The van der Waals surface area contributed by atoms with Crippen molar-refractivity contribution < 1.29 is 28.6 Å². The Morgan fingerprint density at radius 3 is 2.66 bits per heavy atom. The standard InChI is InChI=1S/C24H26N2O6/c1-16-4-3-5-19(12-16)31-14-21(27)18-6-7-22-20(13-18)26(23(28)15-32-22)17(2)24(29)25-8-10-30-11-9-25/h3-7,12-13,17H,8-11,14-15H2,1-2H3. The van der Waals surface area contributed by atoms with E-state index in [4.69, 9.17) is 14.2 Å². The van der Waals surface area contributed by atoms with Crippen molar-refractivity contribution in [3.8, 4) is 11.5 Å². The number of ketones is 1. The molecule has 168 valence electrons. The van der Waals surface area contributed by atoms with Gasteiger partial charge in [-0.05, 0) is 49.7 Å². The van der Waals surface area contributed by atoms with Crippen molar-refractivity contribution in [3.63, 3.8) is 0 Å². The van der Waals surface area contributed by atoms with Gasteiger partial charge in [-0.15, -0.1) is 0 Å². The Bertz CT molecular complexity index is 1030. The zero-order chi connectivity index (χ0) is 22.7. The first-order valence-electron chi connectivity index (χ1n) is 10.6. The van der Waals surface area contributed by atoms with Gasteiger partial charge < -0.3 is 19.1 Å². The fourth-order valence-corrected chi connectivity index (χ4v) is 3.86. The number of ether oxygens (including phenoxy) is 3. The third kappa shape index (κ3) is 4.60. The van der Waals surface area contributed by atoms with Crippen LogP contribution in [0.4, 0.5) is 5.69 Å². The van der Waals surface area contributed by atoms with Crippen molar-refractivity contribution in [1.82, 2.24) is 4.90 Å². The summed E-state index contributed by atoms with van der Waals surface area (Å²) in [5.74, 6) is 0.351. The third-order valence-electron chi connectivity index (χ3n) is 5.59. The van der Waals surface area contributed by atoms with Crippen LogP contribution in [0.3, 0.4) is 0 Å². The van der Waals surface area contributed by atoms with Crippen LogP contribution in [0.15, 0.2) is 42.5 Å². The molecule has 0 aromatic heterocycles. The molecule has 2 aliphatic heterocycles. The lowest BCUT2D eigenvalue weighted by Crippen LogP contribution is -2.54. The minimum atomic E-state index is -0.725. The van der Waals surface area contributed by atoms with Crippen molar-refractivity contribution in [2.75, 3.05) is 44.4 Å². The van der Waals surface area contributed by atoms with Crippen molar-refractivity contribution >= 4 is 23.3 Å². The van der Waals surface area contributed by atoms with E-state index in [2.05, 4.69) is 0 Å². The second kappa shape index (κ2) is 9.40. The lowest BCUT2D eigenvalue weighted by molar-refractivity contribution is -0.138. The highest BCUT2D eigenvalue weighted by atomic mass is 16.5. The SMILES string of the molecule is Cc1cccc(OCC(=O)c2ccc3c(c2)N(C(C)C(=O)N2CCOCC2)C(=O)CO3)c1. The van der Waals surface area contributed by atoms with Crippen molar-refractivity contribution in [2.24, 2.45) is 0 Å². The van der Waals surface area contributed by atoms with E-state index in [9.17, 15) is 14.4 Å². The Balaban J connectivity index is 1.53. The number of morpholine rings is 1. The summed E-state index contributed by atoms with van der Waals surface area (Å²) in [6.45, 7) is 5.28. The van der Waals surface area contributed by atoms with Crippen LogP contribution < -0.4 is 14.4 Å². The molecule has 8 nitrogen and oxygen atoms in total. The molecule has 0 radical (unpaired) electrons. The predicted octanol–water partition coefficient (Wildman–Crippen LogP) is 2.23. The number of fused-ring (bicyclic) bond motifs is 1. The summed E-state index contributed by atoms with van der Waals surface area (Å²) in [5, 5.41) is 0. The number of carbonyl (C=O) groups is 3. The molecule has 8 heteroatoms. The Kier molecular flexibility index (Phi) is 6.41. The maximum absolute atomic E-state index is 13.0. The van der Waals surface area contributed by atoms with E-state index in [1.807, 2.05) is 25.1 Å². The monoisotopic (exact) mass is 438 g/mol.